The molecule has 1 aromatic heterocycles. The lowest BCUT2D eigenvalue weighted by Gasteiger charge is -2.16. The summed E-state index contributed by atoms with van der Waals surface area (Å²) in [5, 5.41) is 1.40. The van der Waals surface area contributed by atoms with Gasteiger partial charge in [0.05, 0.1) is 12.2 Å². The van der Waals surface area contributed by atoms with Gasteiger partial charge < -0.3 is 14.2 Å². The van der Waals surface area contributed by atoms with Crippen LogP contribution in [-0.2, 0) is 11.3 Å². The molecule has 0 atom stereocenters. The van der Waals surface area contributed by atoms with Crippen molar-refractivity contribution in [3.8, 4) is 5.75 Å². The molecule has 1 aliphatic rings. The summed E-state index contributed by atoms with van der Waals surface area (Å²) in [7, 11) is 1.80. The number of aromatic nitrogens is 1. The van der Waals surface area contributed by atoms with Crippen LogP contribution in [0.15, 0.2) is 89.2 Å². The number of carbonyl (C=O) groups is 1. The van der Waals surface area contributed by atoms with E-state index in [2.05, 4.69) is 15.9 Å². The second-order valence-electron chi connectivity index (χ2n) is 8.07. The summed E-state index contributed by atoms with van der Waals surface area (Å²) >= 11 is 9.13. The maximum atomic E-state index is 13.9. The number of likely N-dealkylation sites (N-methyl/N-ethyl adjacent to an activating group) is 1. The van der Waals surface area contributed by atoms with E-state index in [0.717, 1.165) is 26.6 Å². The summed E-state index contributed by atoms with van der Waals surface area (Å²) in [6, 6.07) is 21.7. The Morgan fingerprint density at radius 2 is 1.80 bits per heavy atom. The van der Waals surface area contributed by atoms with Crippen LogP contribution >= 0.6 is 28.1 Å². The van der Waals surface area contributed by atoms with Crippen LogP contribution in [0.1, 0.15) is 5.56 Å². The highest BCUT2D eigenvalue weighted by Crippen LogP contribution is 2.31. The number of hydrogen-bond donors (Lipinski definition) is 0. The van der Waals surface area contributed by atoms with Crippen molar-refractivity contribution in [3.05, 3.63) is 101 Å². The fourth-order valence-electron chi connectivity index (χ4n) is 4.12. The van der Waals surface area contributed by atoms with E-state index in [9.17, 15) is 9.18 Å². The Labute approximate surface area is 216 Å². The van der Waals surface area contributed by atoms with E-state index in [1.165, 1.54) is 6.07 Å². The molecule has 0 bridgehead atoms. The Kier molecular flexibility index (Phi) is 6.40. The van der Waals surface area contributed by atoms with E-state index in [-0.39, 0.29) is 17.5 Å². The Morgan fingerprint density at radius 1 is 1.06 bits per heavy atom. The van der Waals surface area contributed by atoms with Crippen LogP contribution in [0, 0.1) is 5.82 Å². The van der Waals surface area contributed by atoms with E-state index < -0.39 is 0 Å². The van der Waals surface area contributed by atoms with Crippen LogP contribution in [0.2, 0.25) is 0 Å². The van der Waals surface area contributed by atoms with Gasteiger partial charge in [0.2, 0.25) is 0 Å². The average Bonchev–Trinajstić information content (AvgIpc) is 3.30. The lowest BCUT2D eigenvalue weighted by atomic mass is 10.1. The highest BCUT2D eigenvalue weighted by atomic mass is 79.9. The van der Waals surface area contributed by atoms with Crippen LogP contribution in [0.25, 0.3) is 17.0 Å². The molecule has 8 heteroatoms. The first-order chi connectivity index (χ1) is 16.9. The van der Waals surface area contributed by atoms with Crippen LogP contribution < -0.4 is 9.64 Å². The van der Waals surface area contributed by atoms with Crippen molar-refractivity contribution < 1.29 is 13.9 Å². The Bertz CT molecular complexity index is 1470. The number of hydrogen-bond acceptors (Lipinski definition) is 3. The third-order valence-electron chi connectivity index (χ3n) is 5.87. The number of benzene rings is 3. The predicted molar refractivity (Wildman–Crippen MR) is 144 cm³/mol. The normalized spacial score (nSPS) is 15.0. The molecule has 1 fully saturated rings. The topological polar surface area (TPSA) is 37.7 Å². The molecule has 2 heterocycles. The van der Waals surface area contributed by atoms with Gasteiger partial charge in [-0.1, -0.05) is 46.3 Å². The van der Waals surface area contributed by atoms with Crippen LogP contribution in [-0.4, -0.2) is 34.1 Å². The molecule has 0 spiro atoms. The van der Waals surface area contributed by atoms with Crippen molar-refractivity contribution in [2.45, 2.75) is 6.54 Å². The summed E-state index contributed by atoms with van der Waals surface area (Å²) in [6.07, 6.45) is 3.84. The van der Waals surface area contributed by atoms with Crippen LogP contribution in [0.3, 0.4) is 0 Å². The molecule has 1 saturated heterocycles. The summed E-state index contributed by atoms with van der Waals surface area (Å²) in [4.78, 5) is 16.6. The summed E-state index contributed by atoms with van der Waals surface area (Å²) in [5.41, 5.74) is 3.07. The summed E-state index contributed by atoms with van der Waals surface area (Å²) in [6.45, 7) is 0.801. The molecule has 1 amide bonds. The maximum Gasteiger partial charge on any atom is 0.281 e. The fraction of sp³-hybridized carbons (Fsp3) is 0.111. The quantitative estimate of drug-likeness (QED) is 0.211. The second kappa shape index (κ2) is 9.64. The number of nitrogens with zero attached hydrogens (tertiary/aromatic N) is 3. The fourth-order valence-corrected chi connectivity index (χ4v) is 4.77. The van der Waals surface area contributed by atoms with Crippen molar-refractivity contribution in [2.75, 3.05) is 18.6 Å². The van der Waals surface area contributed by atoms with Crippen molar-refractivity contribution in [1.82, 2.24) is 9.47 Å². The molecule has 176 valence electrons. The Balaban J connectivity index is 1.47. The standard InChI is InChI=1S/C27H21BrFN3O2S/c1-30-24(26(33)32(27(30)35)20-7-3-2-4-8-20)15-18-17-31(23-12-11-19(28)16-21(18)23)13-14-34-25-10-6-5-9-22(25)29/h2-12,15-17H,13-14H2,1H3/b24-15-. The minimum absolute atomic E-state index is 0.178. The Hall–Kier alpha value is -3.49. The number of rotatable bonds is 6. The van der Waals surface area contributed by atoms with Gasteiger partial charge in [-0.15, -0.1) is 0 Å². The van der Waals surface area contributed by atoms with Gasteiger partial charge in [-0.2, -0.15) is 0 Å². The van der Waals surface area contributed by atoms with Crippen molar-refractivity contribution in [2.24, 2.45) is 0 Å². The number of halogens is 2. The average molecular weight is 550 g/mol. The lowest BCUT2D eigenvalue weighted by molar-refractivity contribution is -0.114. The first-order valence-corrected chi connectivity index (χ1v) is 12.2. The summed E-state index contributed by atoms with van der Waals surface area (Å²) in [5.74, 6) is -0.342. The van der Waals surface area contributed by atoms with Gasteiger partial charge in [0, 0.05) is 34.2 Å². The minimum Gasteiger partial charge on any atom is -0.489 e. The number of ether oxygens (including phenoxy) is 1. The molecular weight excluding hydrogens is 529 g/mol. The number of anilines is 1. The second-order valence-corrected chi connectivity index (χ2v) is 9.35. The predicted octanol–water partition coefficient (Wildman–Crippen LogP) is 6.23. The molecule has 3 aromatic carbocycles. The highest BCUT2D eigenvalue weighted by Gasteiger charge is 2.36. The molecular formula is C27H21BrFN3O2S. The molecule has 0 N–H and O–H groups in total. The monoisotopic (exact) mass is 549 g/mol. The molecule has 35 heavy (non-hydrogen) atoms. The van der Waals surface area contributed by atoms with Gasteiger partial charge in [-0.25, -0.2) is 4.39 Å². The van der Waals surface area contributed by atoms with Crippen molar-refractivity contribution in [3.63, 3.8) is 0 Å². The highest BCUT2D eigenvalue weighted by molar-refractivity contribution is 9.10. The van der Waals surface area contributed by atoms with E-state index in [4.69, 9.17) is 17.0 Å². The Morgan fingerprint density at radius 3 is 2.57 bits per heavy atom. The molecule has 0 radical (unpaired) electrons. The van der Waals surface area contributed by atoms with E-state index in [1.54, 1.807) is 35.0 Å². The molecule has 5 nitrogen and oxygen atoms in total. The van der Waals surface area contributed by atoms with Gasteiger partial charge in [0.15, 0.2) is 16.7 Å². The smallest absolute Gasteiger partial charge is 0.281 e. The number of thiocarbonyl (C=S) groups is 1. The first kappa shape index (κ1) is 23.3. The van der Waals surface area contributed by atoms with Crippen molar-refractivity contribution >= 4 is 61.8 Å². The van der Waals surface area contributed by atoms with E-state index in [0.29, 0.717) is 24.0 Å². The zero-order valence-corrected chi connectivity index (χ0v) is 21.2. The molecule has 5 rings (SSSR count). The zero-order valence-electron chi connectivity index (χ0n) is 18.8. The molecule has 0 aliphatic carbocycles. The first-order valence-electron chi connectivity index (χ1n) is 11.0. The van der Waals surface area contributed by atoms with E-state index in [1.807, 2.05) is 65.4 Å². The maximum absolute atomic E-state index is 13.9. The molecule has 4 aromatic rings. The van der Waals surface area contributed by atoms with Gasteiger partial charge in [-0.3, -0.25) is 9.69 Å². The minimum atomic E-state index is -0.388. The van der Waals surface area contributed by atoms with Gasteiger partial charge >= 0.3 is 0 Å². The van der Waals surface area contributed by atoms with E-state index >= 15 is 0 Å². The molecule has 0 unspecified atom stereocenters. The van der Waals surface area contributed by atoms with Gasteiger partial charge in [0.1, 0.15) is 12.3 Å². The number of carbonyl (C=O) groups excluding carboxylic acids is 1. The number of para-hydroxylation sites is 2. The van der Waals surface area contributed by atoms with Gasteiger partial charge in [-0.05, 0) is 60.8 Å². The zero-order chi connectivity index (χ0) is 24.5. The molecule has 0 saturated carbocycles. The SMILES string of the molecule is CN1C(=S)N(c2ccccc2)C(=O)/C1=C/c1cn(CCOc2ccccc2F)c2ccc(Br)cc12. The molecule has 1 aliphatic heterocycles. The van der Waals surface area contributed by atoms with Gasteiger partial charge in [0.25, 0.3) is 5.91 Å². The van der Waals surface area contributed by atoms with Crippen molar-refractivity contribution in [1.29, 1.82) is 0 Å². The summed E-state index contributed by atoms with van der Waals surface area (Å²) < 4.78 is 22.5. The number of fused-ring (bicyclic) bond motifs is 1. The lowest BCUT2D eigenvalue weighted by Crippen LogP contribution is -2.30. The van der Waals surface area contributed by atoms with Crippen LogP contribution in [0.5, 0.6) is 5.75 Å². The van der Waals surface area contributed by atoms with Crippen LogP contribution in [0.4, 0.5) is 10.1 Å². The number of amides is 1. The third-order valence-corrected chi connectivity index (χ3v) is 6.82. The largest absolute Gasteiger partial charge is 0.489 e. The third kappa shape index (κ3) is 4.47.